The zero-order valence-corrected chi connectivity index (χ0v) is 18.8. The van der Waals surface area contributed by atoms with Crippen LogP contribution in [0.2, 0.25) is 0 Å². The minimum atomic E-state index is -0.277. The highest BCUT2D eigenvalue weighted by Crippen LogP contribution is 2.36. The van der Waals surface area contributed by atoms with Crippen LogP contribution in [-0.4, -0.2) is 43.0 Å². The van der Waals surface area contributed by atoms with E-state index in [1.165, 1.54) is 28.9 Å². The second kappa shape index (κ2) is 9.75. The van der Waals surface area contributed by atoms with Crippen molar-refractivity contribution < 1.29 is 9.18 Å². The summed E-state index contributed by atoms with van der Waals surface area (Å²) in [5.41, 5.74) is 4.62. The van der Waals surface area contributed by atoms with E-state index >= 15 is 0 Å². The van der Waals surface area contributed by atoms with Gasteiger partial charge in [-0.15, -0.1) is 0 Å². The van der Waals surface area contributed by atoms with Gasteiger partial charge in [-0.1, -0.05) is 60.7 Å². The summed E-state index contributed by atoms with van der Waals surface area (Å²) in [6.07, 6.45) is 1.75. The van der Waals surface area contributed by atoms with E-state index in [9.17, 15) is 9.18 Å². The van der Waals surface area contributed by atoms with Crippen LogP contribution in [0.3, 0.4) is 0 Å². The van der Waals surface area contributed by atoms with E-state index in [0.717, 1.165) is 44.6 Å². The number of para-hydroxylation sites is 1. The van der Waals surface area contributed by atoms with Crippen LogP contribution in [0.5, 0.6) is 0 Å². The second-order valence-electron chi connectivity index (χ2n) is 9.08. The van der Waals surface area contributed by atoms with Gasteiger partial charge in [-0.25, -0.2) is 4.39 Å². The average molecular weight is 444 g/mol. The lowest BCUT2D eigenvalue weighted by molar-refractivity contribution is -0.126. The van der Waals surface area contributed by atoms with E-state index in [4.69, 9.17) is 0 Å². The number of rotatable bonds is 6. The smallest absolute Gasteiger partial charge is 0.225 e. The summed E-state index contributed by atoms with van der Waals surface area (Å²) in [6.45, 7) is 4.13. The van der Waals surface area contributed by atoms with Crippen LogP contribution in [0.4, 0.5) is 10.1 Å². The van der Waals surface area contributed by atoms with Crippen LogP contribution in [-0.2, 0) is 24.2 Å². The van der Waals surface area contributed by atoms with E-state index in [0.29, 0.717) is 6.54 Å². The molecule has 4 nitrogen and oxygen atoms in total. The Morgan fingerprint density at radius 1 is 0.939 bits per heavy atom. The third-order valence-corrected chi connectivity index (χ3v) is 6.96. The first-order valence-corrected chi connectivity index (χ1v) is 11.8. The summed E-state index contributed by atoms with van der Waals surface area (Å²) in [5, 5.41) is 3.08. The number of nitrogens with zero attached hydrogens (tertiary/aromatic N) is 2. The largest absolute Gasteiger partial charge is 0.365 e. The molecule has 2 aliphatic rings. The molecular weight excluding hydrogens is 413 g/mol. The fraction of sp³-hybridized carbons (Fsp3) is 0.321. The van der Waals surface area contributed by atoms with E-state index in [2.05, 4.69) is 69.7 Å². The Morgan fingerprint density at radius 2 is 1.73 bits per heavy atom. The molecule has 0 aliphatic carbocycles. The van der Waals surface area contributed by atoms with Gasteiger partial charge in [-0.3, -0.25) is 9.69 Å². The molecule has 33 heavy (non-hydrogen) atoms. The van der Waals surface area contributed by atoms with Gasteiger partial charge in [0.25, 0.3) is 0 Å². The molecule has 1 N–H and O–H groups in total. The summed E-state index contributed by atoms with van der Waals surface area (Å²) < 4.78 is 13.5. The molecule has 170 valence electrons. The van der Waals surface area contributed by atoms with Gasteiger partial charge in [0.2, 0.25) is 5.91 Å². The third-order valence-electron chi connectivity index (χ3n) is 6.96. The maximum Gasteiger partial charge on any atom is 0.225 e. The molecule has 2 heterocycles. The van der Waals surface area contributed by atoms with Crippen molar-refractivity contribution in [1.29, 1.82) is 0 Å². The van der Waals surface area contributed by atoms with Gasteiger partial charge in [0.15, 0.2) is 0 Å². The molecule has 5 rings (SSSR count). The maximum absolute atomic E-state index is 13.5. The van der Waals surface area contributed by atoms with Gasteiger partial charge in [0.1, 0.15) is 5.82 Å². The topological polar surface area (TPSA) is 35.6 Å². The van der Waals surface area contributed by atoms with Crippen LogP contribution < -0.4 is 10.2 Å². The molecule has 0 spiro atoms. The van der Waals surface area contributed by atoms with Crippen LogP contribution >= 0.6 is 0 Å². The summed E-state index contributed by atoms with van der Waals surface area (Å²) in [4.78, 5) is 18.3. The van der Waals surface area contributed by atoms with E-state index in [-0.39, 0.29) is 23.7 Å². The summed E-state index contributed by atoms with van der Waals surface area (Å²) in [6, 6.07) is 25.6. The highest BCUT2D eigenvalue weighted by molar-refractivity contribution is 5.82. The number of fused-ring (bicyclic) bond motifs is 3. The normalized spacial score (nSPS) is 20.1. The summed E-state index contributed by atoms with van der Waals surface area (Å²) >= 11 is 0. The molecule has 1 fully saturated rings. The minimum Gasteiger partial charge on any atom is -0.365 e. The van der Waals surface area contributed by atoms with E-state index < -0.39 is 0 Å². The Morgan fingerprint density at radius 3 is 2.58 bits per heavy atom. The minimum absolute atomic E-state index is 0.0497. The molecule has 0 unspecified atom stereocenters. The molecule has 0 saturated carbocycles. The number of amides is 1. The lowest BCUT2D eigenvalue weighted by Crippen LogP contribution is -2.61. The Balaban J connectivity index is 1.30. The van der Waals surface area contributed by atoms with E-state index in [1.54, 1.807) is 6.07 Å². The molecule has 1 saturated heterocycles. The van der Waals surface area contributed by atoms with Crippen molar-refractivity contribution in [2.45, 2.75) is 25.4 Å². The van der Waals surface area contributed by atoms with Gasteiger partial charge in [-0.05, 0) is 47.7 Å². The number of hydrogen-bond donors (Lipinski definition) is 1. The van der Waals surface area contributed by atoms with E-state index in [1.807, 2.05) is 6.07 Å². The molecule has 3 aromatic carbocycles. The first kappa shape index (κ1) is 21.7. The zero-order valence-electron chi connectivity index (χ0n) is 18.8. The number of nitrogens with one attached hydrogen (secondary N) is 1. The standard InChI is InChI=1S/C28H30FN3O/c29-24-11-6-9-22(17-24)19-30-28(33)25-18-23-10-4-5-12-26(23)32-16-15-31(20-27(25)32)14-13-21-7-2-1-3-8-21/h1-12,17,25,27H,13-16,18-20H2,(H,30,33)/t25-,27-/m0/s1. The SMILES string of the molecule is O=C(NCc1cccc(F)c1)[C@H]1Cc2ccccc2N2CCN(CCc3ccccc3)C[C@@H]12. The number of carbonyl (C=O) groups is 1. The number of benzene rings is 3. The highest BCUT2D eigenvalue weighted by Gasteiger charge is 2.41. The van der Waals surface area contributed by atoms with Crippen molar-refractivity contribution in [2.75, 3.05) is 31.1 Å². The molecule has 3 aromatic rings. The van der Waals surface area contributed by atoms with Crippen molar-refractivity contribution >= 4 is 11.6 Å². The maximum atomic E-state index is 13.5. The van der Waals surface area contributed by atoms with Crippen molar-refractivity contribution in [3.8, 4) is 0 Å². The van der Waals surface area contributed by atoms with Crippen molar-refractivity contribution in [1.82, 2.24) is 10.2 Å². The molecule has 2 aliphatic heterocycles. The molecular formula is C28H30FN3O. The average Bonchev–Trinajstić information content (AvgIpc) is 2.86. The van der Waals surface area contributed by atoms with Gasteiger partial charge in [0.05, 0.1) is 12.0 Å². The van der Waals surface area contributed by atoms with Crippen molar-refractivity contribution in [3.05, 3.63) is 101 Å². The monoisotopic (exact) mass is 443 g/mol. The molecule has 1 amide bonds. The Hall–Kier alpha value is -3.18. The quantitative estimate of drug-likeness (QED) is 0.625. The molecule has 0 aromatic heterocycles. The van der Waals surface area contributed by atoms with Crippen LogP contribution in [0.25, 0.3) is 0 Å². The number of hydrogen-bond acceptors (Lipinski definition) is 3. The predicted octanol–water partition coefficient (Wildman–Crippen LogP) is 4.05. The fourth-order valence-corrected chi connectivity index (χ4v) is 5.22. The lowest BCUT2D eigenvalue weighted by Gasteiger charge is -2.49. The molecule has 0 bridgehead atoms. The molecule has 2 atom stereocenters. The summed E-state index contributed by atoms with van der Waals surface area (Å²) in [5.74, 6) is -0.359. The fourth-order valence-electron chi connectivity index (χ4n) is 5.22. The number of halogens is 1. The van der Waals surface area contributed by atoms with Crippen LogP contribution in [0.1, 0.15) is 16.7 Å². The number of anilines is 1. The molecule has 5 heteroatoms. The van der Waals surface area contributed by atoms with Gasteiger partial charge >= 0.3 is 0 Å². The predicted molar refractivity (Wildman–Crippen MR) is 130 cm³/mol. The van der Waals surface area contributed by atoms with Crippen LogP contribution in [0, 0.1) is 11.7 Å². The number of carbonyl (C=O) groups excluding carboxylic acids is 1. The van der Waals surface area contributed by atoms with Crippen LogP contribution in [0.15, 0.2) is 78.9 Å². The van der Waals surface area contributed by atoms with Gasteiger partial charge < -0.3 is 10.2 Å². The molecule has 0 radical (unpaired) electrons. The first-order valence-electron chi connectivity index (χ1n) is 11.8. The Labute approximate surface area is 195 Å². The van der Waals surface area contributed by atoms with Gasteiger partial charge in [-0.2, -0.15) is 0 Å². The van der Waals surface area contributed by atoms with Crippen molar-refractivity contribution in [2.24, 2.45) is 5.92 Å². The zero-order chi connectivity index (χ0) is 22.6. The third kappa shape index (κ3) is 4.93. The number of piperazine rings is 1. The second-order valence-corrected chi connectivity index (χ2v) is 9.08. The highest BCUT2D eigenvalue weighted by atomic mass is 19.1. The van der Waals surface area contributed by atoms with Gasteiger partial charge in [0, 0.05) is 38.4 Å². The Bertz CT molecular complexity index is 1100. The summed E-state index contributed by atoms with van der Waals surface area (Å²) in [7, 11) is 0. The van der Waals surface area contributed by atoms with Crippen molar-refractivity contribution in [3.63, 3.8) is 0 Å². The Kier molecular flexibility index (Phi) is 6.40. The lowest BCUT2D eigenvalue weighted by atomic mass is 9.83. The first-order chi connectivity index (χ1) is 16.2.